The Balaban J connectivity index is 1.47. The van der Waals surface area contributed by atoms with Crippen molar-refractivity contribution in [2.75, 3.05) is 6.54 Å². The van der Waals surface area contributed by atoms with E-state index in [-0.39, 0.29) is 4.90 Å². The summed E-state index contributed by atoms with van der Waals surface area (Å²) in [6, 6.07) is 19.6. The van der Waals surface area contributed by atoms with Crippen molar-refractivity contribution in [1.82, 2.24) is 10.1 Å². The number of nitrogens with one attached hydrogen (secondary N) is 2. The molecule has 0 saturated heterocycles. The third-order valence-corrected chi connectivity index (χ3v) is 6.27. The molecule has 10 heteroatoms. The molecule has 0 fully saturated rings. The zero-order valence-electron chi connectivity index (χ0n) is 17.5. The van der Waals surface area contributed by atoms with Gasteiger partial charge in [0, 0.05) is 4.47 Å². The molecule has 2 N–H and O–H groups in total. The zero-order chi connectivity index (χ0) is 23.8. The number of hydrazone groups is 1. The minimum absolute atomic E-state index is 0.0744. The van der Waals surface area contributed by atoms with Crippen LogP contribution >= 0.6 is 15.9 Å². The molecule has 170 valence electrons. The molecule has 0 spiro atoms. The maximum Gasteiger partial charge on any atom is 0.343 e. The second-order valence-electron chi connectivity index (χ2n) is 6.90. The van der Waals surface area contributed by atoms with E-state index in [1.54, 1.807) is 60.7 Å². The predicted octanol–water partition coefficient (Wildman–Crippen LogP) is 3.41. The topological polar surface area (TPSA) is 114 Å². The molecule has 33 heavy (non-hydrogen) atoms. The van der Waals surface area contributed by atoms with E-state index in [2.05, 4.69) is 31.2 Å². The van der Waals surface area contributed by atoms with Crippen molar-refractivity contribution < 1.29 is 22.7 Å². The molecule has 0 heterocycles. The van der Waals surface area contributed by atoms with Crippen LogP contribution < -0.4 is 14.9 Å². The fraction of sp³-hybridized carbons (Fsp3) is 0.0870. The van der Waals surface area contributed by atoms with E-state index in [9.17, 15) is 18.0 Å². The smallest absolute Gasteiger partial charge is 0.343 e. The van der Waals surface area contributed by atoms with Crippen LogP contribution in [0.4, 0.5) is 0 Å². The molecule has 0 aliphatic heterocycles. The first kappa shape index (κ1) is 24.3. The summed E-state index contributed by atoms with van der Waals surface area (Å²) in [7, 11) is -3.79. The highest BCUT2D eigenvalue weighted by Crippen LogP contribution is 2.15. The van der Waals surface area contributed by atoms with Crippen molar-refractivity contribution >= 4 is 44.0 Å². The predicted molar refractivity (Wildman–Crippen MR) is 128 cm³/mol. The fourth-order valence-electron chi connectivity index (χ4n) is 2.55. The van der Waals surface area contributed by atoms with E-state index in [1.165, 1.54) is 18.3 Å². The second kappa shape index (κ2) is 11.0. The van der Waals surface area contributed by atoms with E-state index in [0.29, 0.717) is 16.9 Å². The van der Waals surface area contributed by atoms with Gasteiger partial charge < -0.3 is 4.74 Å². The standard InChI is InChI=1S/C23H20BrN3O5S/c1-16-2-12-21(13-3-16)33(30,31)26-15-22(28)27-25-14-17-4-10-20(11-5-17)32-23(29)18-6-8-19(24)9-7-18/h2-14,26H,15H2,1H3,(H,27,28). The van der Waals surface area contributed by atoms with Crippen LogP contribution in [0, 0.1) is 6.92 Å². The Hall–Kier alpha value is -3.34. The number of carbonyl (C=O) groups is 2. The zero-order valence-corrected chi connectivity index (χ0v) is 19.9. The number of benzene rings is 3. The molecule has 0 aliphatic carbocycles. The first-order valence-electron chi connectivity index (χ1n) is 9.69. The number of hydrogen-bond donors (Lipinski definition) is 2. The van der Waals surface area contributed by atoms with Crippen LogP contribution in [-0.2, 0) is 14.8 Å². The Morgan fingerprint density at radius 1 is 0.970 bits per heavy atom. The van der Waals surface area contributed by atoms with Gasteiger partial charge in [-0.1, -0.05) is 33.6 Å². The molecule has 1 amide bonds. The lowest BCUT2D eigenvalue weighted by atomic mass is 10.2. The van der Waals surface area contributed by atoms with Crippen LogP contribution in [0.5, 0.6) is 5.75 Å². The molecule has 0 atom stereocenters. The quantitative estimate of drug-likeness (QED) is 0.201. The van der Waals surface area contributed by atoms with Crippen LogP contribution in [0.15, 0.2) is 87.3 Å². The minimum Gasteiger partial charge on any atom is -0.423 e. The number of amides is 1. The van der Waals surface area contributed by atoms with Gasteiger partial charge in [-0.2, -0.15) is 5.10 Å². The van der Waals surface area contributed by atoms with Gasteiger partial charge in [0.2, 0.25) is 10.0 Å². The highest BCUT2D eigenvalue weighted by atomic mass is 79.9. The largest absolute Gasteiger partial charge is 0.423 e. The molecule has 0 aromatic heterocycles. The van der Waals surface area contributed by atoms with E-state index in [1.807, 2.05) is 6.92 Å². The Bertz CT molecular complexity index is 1260. The van der Waals surface area contributed by atoms with Crippen molar-refractivity contribution in [2.24, 2.45) is 5.10 Å². The number of halogens is 1. The van der Waals surface area contributed by atoms with Gasteiger partial charge in [0.05, 0.1) is 23.2 Å². The van der Waals surface area contributed by atoms with Crippen LogP contribution in [0.2, 0.25) is 0 Å². The lowest BCUT2D eigenvalue weighted by molar-refractivity contribution is -0.119. The minimum atomic E-state index is -3.79. The van der Waals surface area contributed by atoms with Gasteiger partial charge in [0.1, 0.15) is 5.75 Å². The van der Waals surface area contributed by atoms with Gasteiger partial charge in [-0.15, -0.1) is 0 Å². The van der Waals surface area contributed by atoms with Gasteiger partial charge in [0.25, 0.3) is 5.91 Å². The summed E-state index contributed by atoms with van der Waals surface area (Å²) in [5.41, 5.74) is 4.24. The normalized spacial score (nSPS) is 11.3. The Kier molecular flexibility index (Phi) is 8.10. The SMILES string of the molecule is Cc1ccc(S(=O)(=O)NCC(=O)NN=Cc2ccc(OC(=O)c3ccc(Br)cc3)cc2)cc1. The highest BCUT2D eigenvalue weighted by molar-refractivity contribution is 9.10. The molecular formula is C23H20BrN3O5S. The Labute approximate surface area is 199 Å². The van der Waals surface area contributed by atoms with Crippen LogP contribution in [0.3, 0.4) is 0 Å². The number of aryl methyl sites for hydroxylation is 1. The summed E-state index contributed by atoms with van der Waals surface area (Å²) >= 11 is 3.31. The summed E-state index contributed by atoms with van der Waals surface area (Å²) in [6.07, 6.45) is 1.38. The van der Waals surface area contributed by atoms with Crippen molar-refractivity contribution in [3.8, 4) is 5.75 Å². The number of hydrogen-bond acceptors (Lipinski definition) is 6. The van der Waals surface area contributed by atoms with Crippen molar-refractivity contribution in [3.05, 3.63) is 94.0 Å². The van der Waals surface area contributed by atoms with E-state index in [0.717, 1.165) is 10.0 Å². The summed E-state index contributed by atoms with van der Waals surface area (Å²) in [4.78, 5) is 24.1. The maximum atomic E-state index is 12.2. The molecule has 3 rings (SSSR count). The lowest BCUT2D eigenvalue weighted by Gasteiger charge is -2.06. The van der Waals surface area contributed by atoms with Crippen LogP contribution in [0.1, 0.15) is 21.5 Å². The maximum absolute atomic E-state index is 12.2. The fourth-order valence-corrected chi connectivity index (χ4v) is 3.80. The lowest BCUT2D eigenvalue weighted by Crippen LogP contribution is -2.34. The van der Waals surface area contributed by atoms with E-state index >= 15 is 0 Å². The van der Waals surface area contributed by atoms with E-state index < -0.39 is 28.4 Å². The first-order chi connectivity index (χ1) is 15.7. The summed E-state index contributed by atoms with van der Waals surface area (Å²) in [5.74, 6) is -0.749. The molecule has 0 bridgehead atoms. The molecule has 0 saturated carbocycles. The van der Waals surface area contributed by atoms with Gasteiger partial charge in [-0.05, 0) is 73.2 Å². The highest BCUT2D eigenvalue weighted by Gasteiger charge is 2.15. The van der Waals surface area contributed by atoms with Crippen molar-refractivity contribution in [2.45, 2.75) is 11.8 Å². The summed E-state index contributed by atoms with van der Waals surface area (Å²) in [6.45, 7) is 1.39. The van der Waals surface area contributed by atoms with Crippen molar-refractivity contribution in [3.63, 3.8) is 0 Å². The van der Waals surface area contributed by atoms with Gasteiger partial charge in [-0.25, -0.2) is 23.4 Å². The summed E-state index contributed by atoms with van der Waals surface area (Å²) < 4.78 is 32.8. The third-order valence-electron chi connectivity index (χ3n) is 4.33. The average Bonchev–Trinajstić information content (AvgIpc) is 2.80. The third kappa shape index (κ3) is 7.35. The number of carbonyl (C=O) groups excluding carboxylic acids is 2. The van der Waals surface area contributed by atoms with Crippen molar-refractivity contribution in [1.29, 1.82) is 0 Å². The molecule has 0 aliphatic rings. The molecule has 0 unspecified atom stereocenters. The van der Waals surface area contributed by atoms with Crippen LogP contribution in [-0.4, -0.2) is 33.1 Å². The Morgan fingerprint density at radius 2 is 1.61 bits per heavy atom. The van der Waals surface area contributed by atoms with E-state index in [4.69, 9.17) is 4.74 Å². The number of rotatable bonds is 8. The molecule has 0 radical (unpaired) electrons. The van der Waals surface area contributed by atoms with Gasteiger partial charge in [0.15, 0.2) is 0 Å². The number of sulfonamides is 1. The number of nitrogens with zero attached hydrogens (tertiary/aromatic N) is 1. The molecular weight excluding hydrogens is 510 g/mol. The monoisotopic (exact) mass is 529 g/mol. The molecule has 3 aromatic carbocycles. The van der Waals surface area contributed by atoms with Gasteiger partial charge in [-0.3, -0.25) is 4.79 Å². The average molecular weight is 530 g/mol. The van der Waals surface area contributed by atoms with Gasteiger partial charge >= 0.3 is 5.97 Å². The van der Waals surface area contributed by atoms with Crippen LogP contribution in [0.25, 0.3) is 0 Å². The number of ether oxygens (including phenoxy) is 1. The summed E-state index contributed by atoms with van der Waals surface area (Å²) in [5, 5.41) is 3.80. The molecule has 8 nitrogen and oxygen atoms in total. The second-order valence-corrected chi connectivity index (χ2v) is 9.58. The first-order valence-corrected chi connectivity index (χ1v) is 12.0. The molecule has 3 aromatic rings. The number of esters is 1. The Morgan fingerprint density at radius 3 is 2.24 bits per heavy atom.